The molecule has 1 N–H and O–H groups in total. The van der Waals surface area contributed by atoms with E-state index in [4.69, 9.17) is 9.47 Å². The summed E-state index contributed by atoms with van der Waals surface area (Å²) in [4.78, 5) is 12.2. The fraction of sp³-hybridized carbons (Fsp3) is 0.111. The van der Waals surface area contributed by atoms with E-state index in [9.17, 15) is 4.79 Å². The third-order valence-corrected chi connectivity index (χ3v) is 6.30. The number of nitrogens with one attached hydrogen (secondary N) is 1. The lowest BCUT2D eigenvalue weighted by Gasteiger charge is -2.14. The molecule has 0 aliphatic rings. The number of amides is 1. The van der Waals surface area contributed by atoms with Crippen molar-refractivity contribution in [2.45, 2.75) is 13.0 Å². The highest BCUT2D eigenvalue weighted by Crippen LogP contribution is 2.37. The minimum Gasteiger partial charge on any atom is -0.493 e. The Hall–Kier alpha value is -3.16. The molecule has 0 saturated carbocycles. The van der Waals surface area contributed by atoms with Crippen LogP contribution in [0, 0.1) is 0 Å². The molecule has 0 radical (unpaired) electrons. The number of ether oxygens (including phenoxy) is 2. The van der Waals surface area contributed by atoms with Crippen LogP contribution >= 0.6 is 31.9 Å². The van der Waals surface area contributed by atoms with E-state index in [1.54, 1.807) is 13.3 Å². The van der Waals surface area contributed by atoms with Crippen molar-refractivity contribution in [1.29, 1.82) is 0 Å². The highest BCUT2D eigenvalue weighted by molar-refractivity contribution is 9.10. The summed E-state index contributed by atoms with van der Waals surface area (Å²) in [5.74, 6) is 0.976. The highest BCUT2D eigenvalue weighted by atomic mass is 79.9. The van der Waals surface area contributed by atoms with Crippen LogP contribution in [0.5, 0.6) is 11.5 Å². The van der Waals surface area contributed by atoms with Crippen molar-refractivity contribution in [1.82, 2.24) is 5.43 Å². The molecule has 5 nitrogen and oxygen atoms in total. The quantitative estimate of drug-likeness (QED) is 0.187. The molecule has 0 aliphatic heterocycles. The average Bonchev–Trinajstić information content (AvgIpc) is 2.84. The number of halogens is 2. The van der Waals surface area contributed by atoms with Crippen molar-refractivity contribution in [2.24, 2.45) is 5.10 Å². The fourth-order valence-corrected chi connectivity index (χ4v) is 4.37. The maximum absolute atomic E-state index is 12.2. The number of carbonyl (C=O) groups excluding carboxylic acids is 1. The molecule has 0 atom stereocenters. The van der Waals surface area contributed by atoms with Crippen LogP contribution in [0.15, 0.2) is 92.9 Å². The number of carbonyl (C=O) groups is 1. The molecular formula is C27H22Br2N2O3. The van der Waals surface area contributed by atoms with Crippen molar-refractivity contribution in [3.63, 3.8) is 0 Å². The number of rotatable bonds is 8. The first kappa shape index (κ1) is 24.0. The normalized spacial score (nSPS) is 11.0. The summed E-state index contributed by atoms with van der Waals surface area (Å²) in [7, 11) is 1.59. The van der Waals surface area contributed by atoms with Gasteiger partial charge in [0, 0.05) is 4.47 Å². The molecular weight excluding hydrogens is 560 g/mol. The molecule has 34 heavy (non-hydrogen) atoms. The lowest BCUT2D eigenvalue weighted by Crippen LogP contribution is -2.19. The smallest absolute Gasteiger partial charge is 0.244 e. The summed E-state index contributed by atoms with van der Waals surface area (Å²) in [6.45, 7) is 0.399. The zero-order chi connectivity index (χ0) is 23.9. The van der Waals surface area contributed by atoms with Crippen LogP contribution < -0.4 is 14.9 Å². The summed E-state index contributed by atoms with van der Waals surface area (Å²) < 4.78 is 13.4. The Labute approximate surface area is 215 Å². The minimum atomic E-state index is -0.195. The number of nitrogens with zero attached hydrogens (tertiary/aromatic N) is 1. The van der Waals surface area contributed by atoms with Gasteiger partial charge in [-0.25, -0.2) is 5.43 Å². The van der Waals surface area contributed by atoms with Gasteiger partial charge < -0.3 is 9.47 Å². The largest absolute Gasteiger partial charge is 0.493 e. The standard InChI is InChI=1S/C27H22Br2N2O3/c1-33-25-14-19(16-30-31-26(32)15-18-9-11-22(28)12-10-18)13-24(29)27(25)34-17-21-7-4-6-20-5-2-3-8-23(20)21/h2-14,16H,15,17H2,1H3,(H,31,32)/b30-16-. The van der Waals surface area contributed by atoms with Gasteiger partial charge in [0.05, 0.1) is 24.2 Å². The second kappa shape index (κ2) is 11.3. The predicted molar refractivity (Wildman–Crippen MR) is 143 cm³/mol. The summed E-state index contributed by atoms with van der Waals surface area (Å²) in [6, 6.07) is 25.7. The van der Waals surface area contributed by atoms with E-state index in [0.717, 1.165) is 31.0 Å². The van der Waals surface area contributed by atoms with Crippen LogP contribution in [0.2, 0.25) is 0 Å². The van der Waals surface area contributed by atoms with E-state index in [0.29, 0.717) is 18.1 Å². The van der Waals surface area contributed by atoms with Crippen LogP contribution in [0.25, 0.3) is 10.8 Å². The molecule has 0 fully saturated rings. The lowest BCUT2D eigenvalue weighted by atomic mass is 10.1. The van der Waals surface area contributed by atoms with Gasteiger partial charge in [-0.15, -0.1) is 0 Å². The Bertz CT molecular complexity index is 1330. The van der Waals surface area contributed by atoms with Crippen LogP contribution in [-0.2, 0) is 17.8 Å². The minimum absolute atomic E-state index is 0.195. The van der Waals surface area contributed by atoms with E-state index in [2.05, 4.69) is 66.7 Å². The van der Waals surface area contributed by atoms with E-state index in [1.807, 2.05) is 54.6 Å². The first-order chi connectivity index (χ1) is 16.5. The van der Waals surface area contributed by atoms with Crippen molar-refractivity contribution in [3.8, 4) is 11.5 Å². The van der Waals surface area contributed by atoms with Crippen LogP contribution in [0.3, 0.4) is 0 Å². The Kier molecular flexibility index (Phi) is 7.98. The van der Waals surface area contributed by atoms with Gasteiger partial charge in [0.2, 0.25) is 5.91 Å². The molecule has 4 aromatic carbocycles. The predicted octanol–water partition coefficient (Wildman–Crippen LogP) is 6.65. The highest BCUT2D eigenvalue weighted by Gasteiger charge is 2.12. The van der Waals surface area contributed by atoms with Gasteiger partial charge >= 0.3 is 0 Å². The van der Waals surface area contributed by atoms with Crippen LogP contribution in [-0.4, -0.2) is 19.2 Å². The molecule has 1 amide bonds. The van der Waals surface area contributed by atoms with Gasteiger partial charge in [0.25, 0.3) is 0 Å². The van der Waals surface area contributed by atoms with Gasteiger partial charge in [-0.1, -0.05) is 70.5 Å². The third kappa shape index (κ3) is 6.04. The first-order valence-corrected chi connectivity index (χ1v) is 12.2. The number of hydrogen-bond donors (Lipinski definition) is 1. The molecule has 0 unspecified atom stereocenters. The second-order valence-corrected chi connectivity index (χ2v) is 9.33. The van der Waals surface area contributed by atoms with Gasteiger partial charge in [0.1, 0.15) is 6.61 Å². The van der Waals surface area contributed by atoms with E-state index >= 15 is 0 Å². The molecule has 0 aliphatic carbocycles. The Balaban J connectivity index is 1.43. The summed E-state index contributed by atoms with van der Waals surface area (Å²) >= 11 is 6.96. The number of hydrazone groups is 1. The molecule has 172 valence electrons. The van der Waals surface area contributed by atoms with E-state index in [1.165, 1.54) is 5.39 Å². The fourth-order valence-electron chi connectivity index (χ4n) is 3.53. The van der Waals surface area contributed by atoms with Gasteiger partial charge in [-0.3, -0.25) is 4.79 Å². The first-order valence-electron chi connectivity index (χ1n) is 10.6. The Morgan fingerprint density at radius 2 is 1.76 bits per heavy atom. The zero-order valence-electron chi connectivity index (χ0n) is 18.4. The SMILES string of the molecule is COc1cc(/C=N\NC(=O)Cc2ccc(Br)cc2)cc(Br)c1OCc1cccc2ccccc12. The molecule has 7 heteroatoms. The average molecular weight is 582 g/mol. The number of benzene rings is 4. The summed E-state index contributed by atoms with van der Waals surface area (Å²) in [5.41, 5.74) is 5.31. The van der Waals surface area contributed by atoms with Gasteiger partial charge in [-0.05, 0) is 67.7 Å². The molecule has 4 rings (SSSR count). The van der Waals surface area contributed by atoms with Crippen molar-refractivity contribution in [2.75, 3.05) is 7.11 Å². The summed E-state index contributed by atoms with van der Waals surface area (Å²) in [6.07, 6.45) is 1.82. The van der Waals surface area contributed by atoms with Gasteiger partial charge in [0.15, 0.2) is 11.5 Å². The van der Waals surface area contributed by atoms with Crippen molar-refractivity contribution >= 4 is 54.8 Å². The molecule has 0 aromatic heterocycles. The molecule has 0 saturated heterocycles. The van der Waals surface area contributed by atoms with Gasteiger partial charge in [-0.2, -0.15) is 5.10 Å². The number of methoxy groups -OCH3 is 1. The molecule has 4 aromatic rings. The topological polar surface area (TPSA) is 59.9 Å². The molecule has 0 spiro atoms. The monoisotopic (exact) mass is 580 g/mol. The van der Waals surface area contributed by atoms with E-state index in [-0.39, 0.29) is 12.3 Å². The number of fused-ring (bicyclic) bond motifs is 1. The molecule has 0 bridgehead atoms. The number of hydrogen-bond acceptors (Lipinski definition) is 4. The second-order valence-electron chi connectivity index (χ2n) is 7.56. The Morgan fingerprint density at radius 1 is 1.00 bits per heavy atom. The van der Waals surface area contributed by atoms with E-state index < -0.39 is 0 Å². The lowest BCUT2D eigenvalue weighted by molar-refractivity contribution is -0.120. The molecule has 0 heterocycles. The summed E-state index contributed by atoms with van der Waals surface area (Å²) in [5, 5.41) is 6.40. The van der Waals surface area contributed by atoms with Crippen molar-refractivity contribution < 1.29 is 14.3 Å². The zero-order valence-corrected chi connectivity index (χ0v) is 21.6. The third-order valence-electron chi connectivity index (χ3n) is 5.18. The van der Waals surface area contributed by atoms with Crippen LogP contribution in [0.4, 0.5) is 0 Å². The Morgan fingerprint density at radius 3 is 2.56 bits per heavy atom. The van der Waals surface area contributed by atoms with Crippen molar-refractivity contribution in [3.05, 3.63) is 104 Å². The van der Waals surface area contributed by atoms with Crippen LogP contribution in [0.1, 0.15) is 16.7 Å². The maximum Gasteiger partial charge on any atom is 0.244 e. The maximum atomic E-state index is 12.2.